The number of carbonyl (C=O) groups is 1. The molecule has 3 rings (SSSR count). The minimum absolute atomic E-state index is 0.0457. The summed E-state index contributed by atoms with van der Waals surface area (Å²) >= 11 is 0. The van der Waals surface area contributed by atoms with Gasteiger partial charge in [0.05, 0.1) is 11.5 Å². The van der Waals surface area contributed by atoms with Gasteiger partial charge in [-0.05, 0) is 24.6 Å². The van der Waals surface area contributed by atoms with Crippen molar-refractivity contribution in [1.29, 1.82) is 0 Å². The van der Waals surface area contributed by atoms with Crippen molar-refractivity contribution in [3.8, 4) is 5.75 Å². The van der Waals surface area contributed by atoms with Gasteiger partial charge in [-0.15, -0.1) is 0 Å². The maximum atomic E-state index is 11.8. The number of sulfone groups is 1. The quantitative estimate of drug-likeness (QED) is 0.364. The van der Waals surface area contributed by atoms with Crippen LogP contribution >= 0.6 is 0 Å². The first-order valence-corrected chi connectivity index (χ1v) is 10.8. The second kappa shape index (κ2) is 9.37. The Morgan fingerprint density at radius 1 is 1.31 bits per heavy atom. The van der Waals surface area contributed by atoms with Gasteiger partial charge in [-0.3, -0.25) is 9.78 Å². The highest BCUT2D eigenvalue weighted by Gasteiger charge is 2.28. The lowest BCUT2D eigenvalue weighted by Gasteiger charge is -2.10. The van der Waals surface area contributed by atoms with Crippen LogP contribution in [0.1, 0.15) is 17.5 Å². The molecule has 154 valence electrons. The van der Waals surface area contributed by atoms with Crippen LogP contribution in [-0.4, -0.2) is 49.3 Å². The fourth-order valence-electron chi connectivity index (χ4n) is 2.79. The third-order valence-electron chi connectivity index (χ3n) is 4.21. The third-order valence-corrected chi connectivity index (χ3v) is 5.98. The predicted molar refractivity (Wildman–Crippen MR) is 107 cm³/mol. The summed E-state index contributed by atoms with van der Waals surface area (Å²) < 4.78 is 28.5. The average Bonchev–Trinajstić information content (AvgIpc) is 3.05. The molecule has 1 aliphatic rings. The lowest BCUT2D eigenvalue weighted by molar-refractivity contribution is -0.126. The fraction of sp³-hybridized carbons (Fsp3) is 0.316. The number of ether oxygens (including phenoxy) is 1. The molecule has 2 heterocycles. The summed E-state index contributed by atoms with van der Waals surface area (Å²) in [6.07, 6.45) is 3.82. The number of carbonyl (C=O) groups excluding carboxylic acids is 1. The van der Waals surface area contributed by atoms with Gasteiger partial charge in [-0.25, -0.2) is 8.42 Å². The van der Waals surface area contributed by atoms with Crippen molar-refractivity contribution in [3.63, 3.8) is 0 Å². The van der Waals surface area contributed by atoms with Crippen LogP contribution < -0.4 is 15.8 Å². The van der Waals surface area contributed by atoms with Crippen molar-refractivity contribution in [1.82, 2.24) is 10.3 Å². The SMILES string of the molecule is N/C(=N/OCC(=O)NC1CCS(=O)(=O)C1)c1cccc(OCc2cccnc2)c1. The summed E-state index contributed by atoms with van der Waals surface area (Å²) in [6, 6.07) is 10.4. The Balaban J connectivity index is 1.48. The Bertz CT molecular complexity index is 979. The number of hydrogen-bond donors (Lipinski definition) is 2. The van der Waals surface area contributed by atoms with Crippen LogP contribution in [0.15, 0.2) is 53.9 Å². The van der Waals surface area contributed by atoms with Gasteiger partial charge in [0.2, 0.25) is 0 Å². The van der Waals surface area contributed by atoms with Crippen molar-refractivity contribution in [2.45, 2.75) is 19.1 Å². The van der Waals surface area contributed by atoms with Crippen LogP contribution in [0.5, 0.6) is 5.75 Å². The molecule has 0 bridgehead atoms. The summed E-state index contributed by atoms with van der Waals surface area (Å²) in [7, 11) is -3.06. The molecule has 10 heteroatoms. The number of nitrogens with two attached hydrogens (primary N) is 1. The number of nitrogens with one attached hydrogen (secondary N) is 1. The zero-order valence-corrected chi connectivity index (χ0v) is 16.5. The minimum atomic E-state index is -3.06. The first-order chi connectivity index (χ1) is 13.9. The van der Waals surface area contributed by atoms with E-state index in [4.69, 9.17) is 15.3 Å². The Hall–Kier alpha value is -3.14. The van der Waals surface area contributed by atoms with Gasteiger partial charge in [0, 0.05) is 29.6 Å². The Morgan fingerprint density at radius 3 is 2.90 bits per heavy atom. The van der Waals surface area contributed by atoms with E-state index in [9.17, 15) is 13.2 Å². The number of benzene rings is 1. The normalized spacial score (nSPS) is 18.2. The summed E-state index contributed by atoms with van der Waals surface area (Å²) in [6.45, 7) is 0.0103. The fourth-order valence-corrected chi connectivity index (χ4v) is 4.46. The van der Waals surface area contributed by atoms with E-state index < -0.39 is 15.7 Å². The summed E-state index contributed by atoms with van der Waals surface area (Å²) in [5, 5.41) is 6.36. The lowest BCUT2D eigenvalue weighted by atomic mass is 10.2. The molecule has 1 amide bonds. The van der Waals surface area contributed by atoms with Crippen molar-refractivity contribution < 1.29 is 22.8 Å². The van der Waals surface area contributed by atoms with Crippen molar-refractivity contribution in [2.75, 3.05) is 18.1 Å². The van der Waals surface area contributed by atoms with E-state index >= 15 is 0 Å². The van der Waals surface area contributed by atoms with Crippen molar-refractivity contribution in [2.24, 2.45) is 10.9 Å². The molecule has 1 aliphatic heterocycles. The molecule has 0 radical (unpaired) electrons. The minimum Gasteiger partial charge on any atom is -0.489 e. The average molecular weight is 418 g/mol. The van der Waals surface area contributed by atoms with Crippen LogP contribution in [0.4, 0.5) is 0 Å². The van der Waals surface area contributed by atoms with Crippen LogP contribution in [0, 0.1) is 0 Å². The molecule has 1 fully saturated rings. The second-order valence-corrected chi connectivity index (χ2v) is 8.82. The Labute approximate surface area is 168 Å². The van der Waals surface area contributed by atoms with Gasteiger partial charge in [-0.1, -0.05) is 23.4 Å². The molecule has 1 unspecified atom stereocenters. The van der Waals surface area contributed by atoms with E-state index in [-0.39, 0.29) is 30.0 Å². The van der Waals surface area contributed by atoms with E-state index in [0.29, 0.717) is 24.3 Å². The number of aromatic nitrogens is 1. The molecular formula is C19H22N4O5S. The lowest BCUT2D eigenvalue weighted by Crippen LogP contribution is -2.37. The molecule has 0 aliphatic carbocycles. The number of rotatable bonds is 8. The van der Waals surface area contributed by atoms with Gasteiger partial charge < -0.3 is 20.6 Å². The van der Waals surface area contributed by atoms with E-state index in [0.717, 1.165) is 5.56 Å². The molecule has 29 heavy (non-hydrogen) atoms. The highest BCUT2D eigenvalue weighted by molar-refractivity contribution is 7.91. The van der Waals surface area contributed by atoms with Crippen molar-refractivity contribution in [3.05, 3.63) is 59.9 Å². The summed E-state index contributed by atoms with van der Waals surface area (Å²) in [4.78, 5) is 20.9. The van der Waals surface area contributed by atoms with Crippen molar-refractivity contribution >= 4 is 21.6 Å². The summed E-state index contributed by atoms with van der Waals surface area (Å²) in [5.74, 6) is 0.286. The highest BCUT2D eigenvalue weighted by Crippen LogP contribution is 2.15. The maximum absolute atomic E-state index is 11.8. The van der Waals surface area contributed by atoms with E-state index in [1.807, 2.05) is 12.1 Å². The maximum Gasteiger partial charge on any atom is 0.261 e. The number of pyridine rings is 1. The Morgan fingerprint density at radius 2 is 2.17 bits per heavy atom. The first kappa shape index (κ1) is 20.6. The Kier molecular flexibility index (Phi) is 6.65. The van der Waals surface area contributed by atoms with Gasteiger partial charge in [0.15, 0.2) is 22.3 Å². The van der Waals surface area contributed by atoms with Crippen LogP contribution in [-0.2, 0) is 26.1 Å². The van der Waals surface area contributed by atoms with Crippen LogP contribution in [0.25, 0.3) is 0 Å². The van der Waals surface area contributed by atoms with Gasteiger partial charge in [0.1, 0.15) is 12.4 Å². The molecule has 3 N–H and O–H groups in total. The zero-order valence-electron chi connectivity index (χ0n) is 15.7. The molecule has 1 aromatic carbocycles. The zero-order chi connectivity index (χ0) is 20.7. The largest absolute Gasteiger partial charge is 0.489 e. The number of nitrogens with zero attached hydrogens (tertiary/aromatic N) is 2. The number of amidine groups is 1. The predicted octanol–water partition coefficient (Wildman–Crippen LogP) is 0.601. The molecule has 2 aromatic rings. The molecular weight excluding hydrogens is 396 g/mol. The summed E-state index contributed by atoms with van der Waals surface area (Å²) in [5.41, 5.74) is 7.42. The van der Waals surface area contributed by atoms with Gasteiger partial charge in [-0.2, -0.15) is 0 Å². The van der Waals surface area contributed by atoms with E-state index in [2.05, 4.69) is 15.5 Å². The number of hydrogen-bond acceptors (Lipinski definition) is 7. The van der Waals surface area contributed by atoms with Gasteiger partial charge >= 0.3 is 0 Å². The molecule has 1 aromatic heterocycles. The highest BCUT2D eigenvalue weighted by atomic mass is 32.2. The second-order valence-electron chi connectivity index (χ2n) is 6.60. The molecule has 1 atom stereocenters. The molecule has 1 saturated heterocycles. The van der Waals surface area contributed by atoms with E-state index in [1.165, 1.54) is 0 Å². The third kappa shape index (κ3) is 6.46. The topological polar surface area (TPSA) is 133 Å². The number of oxime groups is 1. The standard InChI is InChI=1S/C19H22N4O5S/c20-19(23-28-12-18(24)22-16-6-8-29(25,26)13-16)15-4-1-5-17(9-15)27-11-14-3-2-7-21-10-14/h1-5,7,9-10,16H,6,8,11-13H2,(H2,20,23)(H,22,24). The molecule has 0 spiro atoms. The molecule has 9 nitrogen and oxygen atoms in total. The molecule has 0 saturated carbocycles. The van der Waals surface area contributed by atoms with E-state index in [1.54, 1.807) is 36.7 Å². The smallest absolute Gasteiger partial charge is 0.261 e. The van der Waals surface area contributed by atoms with Gasteiger partial charge in [0.25, 0.3) is 5.91 Å². The van der Waals surface area contributed by atoms with Crippen LogP contribution in [0.2, 0.25) is 0 Å². The number of amides is 1. The van der Waals surface area contributed by atoms with Crippen LogP contribution in [0.3, 0.4) is 0 Å². The monoisotopic (exact) mass is 418 g/mol. The first-order valence-electron chi connectivity index (χ1n) is 8.99.